The van der Waals surface area contributed by atoms with E-state index < -0.39 is 17.7 Å². The number of nitrogens with one attached hydrogen (secondary N) is 1. The van der Waals surface area contributed by atoms with Gasteiger partial charge in [0.2, 0.25) is 0 Å². The van der Waals surface area contributed by atoms with Crippen LogP contribution < -0.4 is 11.3 Å². The van der Waals surface area contributed by atoms with Crippen LogP contribution in [0.4, 0.5) is 8.78 Å². The zero-order chi connectivity index (χ0) is 15.0. The lowest BCUT2D eigenvalue weighted by molar-refractivity contribution is 0.460. The molecule has 0 aliphatic rings. The van der Waals surface area contributed by atoms with Gasteiger partial charge in [-0.1, -0.05) is 11.6 Å². The van der Waals surface area contributed by atoms with Gasteiger partial charge in [-0.25, -0.2) is 14.2 Å². The molecule has 1 aromatic heterocycles. The van der Waals surface area contributed by atoms with Gasteiger partial charge >= 0.3 is 0 Å². The van der Waals surface area contributed by atoms with E-state index in [9.17, 15) is 8.78 Å². The molecule has 0 aliphatic carbocycles. The number of fused-ring (bicyclic) bond motifs is 1. The van der Waals surface area contributed by atoms with Gasteiger partial charge in [0.05, 0.1) is 0 Å². The number of hydrazine groups is 1. The van der Waals surface area contributed by atoms with Gasteiger partial charge in [-0.15, -0.1) is 0 Å². The molecule has 2 aromatic carbocycles. The number of rotatable bonds is 3. The molecule has 0 fully saturated rings. The first-order valence-electron chi connectivity index (χ1n) is 6.18. The fourth-order valence-electron chi connectivity index (χ4n) is 2.24. The van der Waals surface area contributed by atoms with Gasteiger partial charge in [-0.3, -0.25) is 5.84 Å². The average molecular weight is 309 g/mol. The molecule has 0 radical (unpaired) electrons. The van der Waals surface area contributed by atoms with Crippen molar-refractivity contribution in [2.45, 2.75) is 6.04 Å². The van der Waals surface area contributed by atoms with Crippen LogP contribution in [0.3, 0.4) is 0 Å². The molecule has 1 atom stereocenters. The van der Waals surface area contributed by atoms with Gasteiger partial charge < -0.3 is 4.42 Å². The summed E-state index contributed by atoms with van der Waals surface area (Å²) in [4.78, 5) is 0. The second-order valence-electron chi connectivity index (χ2n) is 4.60. The predicted octanol–water partition coefficient (Wildman–Crippen LogP) is 3.92. The van der Waals surface area contributed by atoms with E-state index >= 15 is 0 Å². The van der Waals surface area contributed by atoms with E-state index in [1.807, 2.05) is 0 Å². The van der Waals surface area contributed by atoms with Gasteiger partial charge in [-0.2, -0.15) is 0 Å². The lowest BCUT2D eigenvalue weighted by atomic mass is 10.0. The van der Waals surface area contributed by atoms with E-state index in [2.05, 4.69) is 5.43 Å². The van der Waals surface area contributed by atoms with Crippen LogP contribution in [0.5, 0.6) is 0 Å². The number of nitrogens with two attached hydrogens (primary N) is 1. The van der Waals surface area contributed by atoms with Crippen LogP contribution in [-0.2, 0) is 0 Å². The first-order chi connectivity index (χ1) is 10.1. The van der Waals surface area contributed by atoms with Crippen molar-refractivity contribution in [1.29, 1.82) is 0 Å². The van der Waals surface area contributed by atoms with Crippen molar-refractivity contribution >= 4 is 22.6 Å². The Balaban J connectivity index is 2.11. The van der Waals surface area contributed by atoms with Crippen LogP contribution in [0.25, 0.3) is 11.0 Å². The van der Waals surface area contributed by atoms with Crippen molar-refractivity contribution in [3.63, 3.8) is 0 Å². The minimum Gasteiger partial charge on any atom is -0.459 e. The summed E-state index contributed by atoms with van der Waals surface area (Å²) in [7, 11) is 0. The molecule has 3 N–H and O–H groups in total. The third-order valence-electron chi connectivity index (χ3n) is 3.22. The Morgan fingerprint density at radius 1 is 1.10 bits per heavy atom. The minimum atomic E-state index is -0.799. The molecule has 3 aromatic rings. The van der Waals surface area contributed by atoms with E-state index in [0.717, 1.165) is 23.6 Å². The fraction of sp³-hybridized carbons (Fsp3) is 0.0667. The molecule has 3 rings (SSSR count). The third-order valence-corrected chi connectivity index (χ3v) is 3.45. The zero-order valence-electron chi connectivity index (χ0n) is 10.7. The summed E-state index contributed by atoms with van der Waals surface area (Å²) >= 11 is 5.91. The van der Waals surface area contributed by atoms with Crippen LogP contribution in [-0.4, -0.2) is 0 Å². The smallest absolute Gasteiger partial charge is 0.134 e. The van der Waals surface area contributed by atoms with Crippen molar-refractivity contribution in [2.24, 2.45) is 5.84 Å². The Kier molecular flexibility index (Phi) is 3.63. The standard InChI is InChI=1S/C15H11ClF2N2O/c16-9-1-4-13-8(5-9)6-14(21-13)15(20-19)11-7-10(17)2-3-12(11)18/h1-7,15,20H,19H2. The van der Waals surface area contributed by atoms with E-state index in [-0.39, 0.29) is 5.56 Å². The van der Waals surface area contributed by atoms with Crippen molar-refractivity contribution in [1.82, 2.24) is 5.43 Å². The summed E-state index contributed by atoms with van der Waals surface area (Å²) in [5.41, 5.74) is 3.11. The Morgan fingerprint density at radius 3 is 2.67 bits per heavy atom. The monoisotopic (exact) mass is 308 g/mol. The maximum atomic E-state index is 13.9. The van der Waals surface area contributed by atoms with Crippen LogP contribution in [0.15, 0.2) is 46.9 Å². The number of hydrogen-bond acceptors (Lipinski definition) is 3. The van der Waals surface area contributed by atoms with E-state index in [1.54, 1.807) is 24.3 Å². The lowest BCUT2D eigenvalue weighted by Gasteiger charge is -2.14. The summed E-state index contributed by atoms with van der Waals surface area (Å²) in [6, 6.07) is 9.18. The molecule has 0 spiro atoms. The number of furan rings is 1. The topological polar surface area (TPSA) is 51.2 Å². The summed E-state index contributed by atoms with van der Waals surface area (Å²) in [6.45, 7) is 0. The molecule has 1 unspecified atom stereocenters. The van der Waals surface area contributed by atoms with E-state index in [0.29, 0.717) is 16.4 Å². The normalized spacial score (nSPS) is 12.8. The second kappa shape index (κ2) is 5.44. The van der Waals surface area contributed by atoms with Crippen LogP contribution in [0.1, 0.15) is 17.4 Å². The van der Waals surface area contributed by atoms with Gasteiger partial charge in [0.25, 0.3) is 0 Å². The van der Waals surface area contributed by atoms with E-state index in [1.165, 1.54) is 0 Å². The van der Waals surface area contributed by atoms with Crippen molar-refractivity contribution in [3.05, 3.63) is 70.4 Å². The Bertz CT molecular complexity index is 803. The third kappa shape index (κ3) is 2.63. The molecule has 1 heterocycles. The maximum Gasteiger partial charge on any atom is 0.134 e. The molecule has 0 aliphatic heterocycles. The Hall–Kier alpha value is -1.95. The quantitative estimate of drug-likeness (QED) is 0.569. The number of halogens is 3. The van der Waals surface area contributed by atoms with Gasteiger partial charge in [-0.05, 0) is 42.5 Å². The largest absolute Gasteiger partial charge is 0.459 e. The SMILES string of the molecule is NNC(c1cc2cc(Cl)ccc2o1)c1cc(F)ccc1F. The highest BCUT2D eigenvalue weighted by atomic mass is 35.5. The highest BCUT2D eigenvalue weighted by Crippen LogP contribution is 2.30. The highest BCUT2D eigenvalue weighted by molar-refractivity contribution is 6.31. The first-order valence-corrected chi connectivity index (χ1v) is 6.56. The van der Waals surface area contributed by atoms with Crippen molar-refractivity contribution in [2.75, 3.05) is 0 Å². The first kappa shape index (κ1) is 14.0. The van der Waals surface area contributed by atoms with Crippen LogP contribution in [0.2, 0.25) is 5.02 Å². The molecule has 0 amide bonds. The maximum absolute atomic E-state index is 13.9. The molecule has 21 heavy (non-hydrogen) atoms. The van der Waals surface area contributed by atoms with E-state index in [4.69, 9.17) is 21.9 Å². The molecular formula is C15H11ClF2N2O. The van der Waals surface area contributed by atoms with Crippen molar-refractivity contribution < 1.29 is 13.2 Å². The second-order valence-corrected chi connectivity index (χ2v) is 5.03. The predicted molar refractivity (Wildman–Crippen MR) is 76.7 cm³/mol. The van der Waals surface area contributed by atoms with Gasteiger partial charge in [0, 0.05) is 16.0 Å². The highest BCUT2D eigenvalue weighted by Gasteiger charge is 2.21. The Morgan fingerprint density at radius 2 is 1.90 bits per heavy atom. The molecule has 3 nitrogen and oxygen atoms in total. The summed E-state index contributed by atoms with van der Waals surface area (Å²) < 4.78 is 32.9. The zero-order valence-corrected chi connectivity index (χ0v) is 11.5. The molecule has 108 valence electrons. The summed E-state index contributed by atoms with van der Waals surface area (Å²) in [5.74, 6) is 4.74. The van der Waals surface area contributed by atoms with Gasteiger partial charge in [0.15, 0.2) is 0 Å². The summed E-state index contributed by atoms with van der Waals surface area (Å²) in [6.07, 6.45) is 0. The van der Waals surface area contributed by atoms with Gasteiger partial charge in [0.1, 0.15) is 29.0 Å². The molecule has 0 saturated carbocycles. The number of hydrogen-bond donors (Lipinski definition) is 2. The van der Waals surface area contributed by atoms with Crippen LogP contribution in [0, 0.1) is 11.6 Å². The number of benzene rings is 2. The van der Waals surface area contributed by atoms with Crippen molar-refractivity contribution in [3.8, 4) is 0 Å². The molecule has 0 saturated heterocycles. The molecular weight excluding hydrogens is 298 g/mol. The Labute approximate surface area is 124 Å². The van der Waals surface area contributed by atoms with Crippen LogP contribution >= 0.6 is 11.6 Å². The molecule has 6 heteroatoms. The average Bonchev–Trinajstić information content (AvgIpc) is 2.86. The fourth-order valence-corrected chi connectivity index (χ4v) is 2.42. The summed E-state index contributed by atoms with van der Waals surface area (Å²) in [5, 5.41) is 1.32. The lowest BCUT2D eigenvalue weighted by Crippen LogP contribution is -2.29. The minimum absolute atomic E-state index is 0.0719. The molecule has 0 bridgehead atoms.